The summed E-state index contributed by atoms with van der Waals surface area (Å²) in [4.78, 5) is 23.4. The average Bonchev–Trinajstić information content (AvgIpc) is 2.53. The maximum Gasteiger partial charge on any atom is 0.306 e. The molecule has 7 nitrogen and oxygen atoms in total. The molecule has 1 amide bonds. The number of aliphatic carboxylic acids is 1. The van der Waals surface area contributed by atoms with Crippen molar-refractivity contribution < 1.29 is 23.1 Å². The Morgan fingerprint density at radius 1 is 1.04 bits per heavy atom. The zero-order valence-electron chi connectivity index (χ0n) is 15.3. The van der Waals surface area contributed by atoms with Gasteiger partial charge in [0, 0.05) is 17.1 Å². The first-order chi connectivity index (χ1) is 12.0. The van der Waals surface area contributed by atoms with E-state index in [1.165, 1.54) is 24.3 Å². The first-order valence-electron chi connectivity index (χ1n) is 8.66. The largest absolute Gasteiger partial charge is 0.481 e. The molecular weight excluding hydrogens is 356 g/mol. The van der Waals surface area contributed by atoms with E-state index in [9.17, 15) is 18.0 Å². The van der Waals surface area contributed by atoms with Crippen LogP contribution in [0.1, 0.15) is 56.8 Å². The summed E-state index contributed by atoms with van der Waals surface area (Å²) in [6.45, 7) is 5.27. The maximum absolute atomic E-state index is 12.3. The van der Waals surface area contributed by atoms with Crippen LogP contribution in [0.25, 0.3) is 0 Å². The van der Waals surface area contributed by atoms with Crippen LogP contribution in [0.4, 0.5) is 0 Å². The molecule has 144 valence electrons. The molecular formula is C18H26N2O5S. The Morgan fingerprint density at radius 3 is 2.04 bits per heavy atom. The summed E-state index contributed by atoms with van der Waals surface area (Å²) in [6.07, 6.45) is 2.36. The molecule has 1 fully saturated rings. The molecule has 1 saturated carbocycles. The third-order valence-electron chi connectivity index (χ3n) is 4.28. The molecule has 0 spiro atoms. The van der Waals surface area contributed by atoms with Crippen molar-refractivity contribution in [3.05, 3.63) is 29.8 Å². The molecule has 0 aliphatic heterocycles. The first-order valence-corrected chi connectivity index (χ1v) is 10.1. The van der Waals surface area contributed by atoms with Crippen molar-refractivity contribution in [2.45, 2.75) is 62.9 Å². The maximum atomic E-state index is 12.3. The van der Waals surface area contributed by atoms with E-state index >= 15 is 0 Å². The van der Waals surface area contributed by atoms with Crippen molar-refractivity contribution in [2.75, 3.05) is 0 Å². The fourth-order valence-electron chi connectivity index (χ4n) is 3.00. The van der Waals surface area contributed by atoms with Crippen LogP contribution in [-0.2, 0) is 14.8 Å². The van der Waals surface area contributed by atoms with Crippen LogP contribution in [0.2, 0.25) is 0 Å². The highest BCUT2D eigenvalue weighted by Crippen LogP contribution is 2.24. The Bertz CT molecular complexity index is 758. The third-order valence-corrected chi connectivity index (χ3v) is 6.05. The number of carboxylic acid groups (broad SMARTS) is 1. The predicted octanol–water partition coefficient (Wildman–Crippen LogP) is 2.14. The van der Waals surface area contributed by atoms with E-state index in [0.717, 1.165) is 0 Å². The molecule has 0 unspecified atom stereocenters. The predicted molar refractivity (Wildman–Crippen MR) is 97.4 cm³/mol. The highest BCUT2D eigenvalue weighted by Gasteiger charge is 2.27. The van der Waals surface area contributed by atoms with E-state index < -0.39 is 21.5 Å². The summed E-state index contributed by atoms with van der Waals surface area (Å²) in [5.74, 6) is -1.39. The van der Waals surface area contributed by atoms with Crippen molar-refractivity contribution in [1.82, 2.24) is 10.0 Å². The van der Waals surface area contributed by atoms with Gasteiger partial charge in [-0.05, 0) is 70.7 Å². The van der Waals surface area contributed by atoms with E-state index in [1.54, 1.807) is 20.8 Å². The number of rotatable bonds is 5. The fourth-order valence-corrected chi connectivity index (χ4v) is 4.42. The van der Waals surface area contributed by atoms with Crippen molar-refractivity contribution in [3.8, 4) is 0 Å². The minimum atomic E-state index is -3.64. The summed E-state index contributed by atoms with van der Waals surface area (Å²) in [7, 11) is -3.64. The number of nitrogens with one attached hydrogen (secondary N) is 2. The molecule has 1 aliphatic carbocycles. The van der Waals surface area contributed by atoms with Gasteiger partial charge in [0.2, 0.25) is 10.0 Å². The first kappa shape index (κ1) is 20.4. The van der Waals surface area contributed by atoms with Crippen LogP contribution in [-0.4, -0.2) is 37.0 Å². The van der Waals surface area contributed by atoms with Gasteiger partial charge in [-0.2, -0.15) is 0 Å². The minimum Gasteiger partial charge on any atom is -0.481 e. The molecule has 0 saturated heterocycles. The highest BCUT2D eigenvalue weighted by atomic mass is 32.2. The Morgan fingerprint density at radius 2 is 1.58 bits per heavy atom. The average molecular weight is 382 g/mol. The molecule has 0 aromatic heterocycles. The Labute approximate surface area is 154 Å². The quantitative estimate of drug-likeness (QED) is 0.722. The lowest BCUT2D eigenvalue weighted by molar-refractivity contribution is -0.142. The topological polar surface area (TPSA) is 113 Å². The van der Waals surface area contributed by atoms with Gasteiger partial charge in [0.05, 0.1) is 10.8 Å². The third kappa shape index (κ3) is 5.54. The van der Waals surface area contributed by atoms with E-state index in [4.69, 9.17) is 5.11 Å². The van der Waals surface area contributed by atoms with Gasteiger partial charge in [-0.25, -0.2) is 13.1 Å². The summed E-state index contributed by atoms with van der Waals surface area (Å²) in [5, 5.41) is 11.9. The van der Waals surface area contributed by atoms with Gasteiger partial charge in [-0.15, -0.1) is 0 Å². The number of benzene rings is 1. The van der Waals surface area contributed by atoms with Gasteiger partial charge in [0.25, 0.3) is 5.91 Å². The number of hydrogen-bond donors (Lipinski definition) is 3. The van der Waals surface area contributed by atoms with Gasteiger partial charge in [0.15, 0.2) is 0 Å². The van der Waals surface area contributed by atoms with Crippen molar-refractivity contribution in [2.24, 2.45) is 5.92 Å². The minimum absolute atomic E-state index is 0.0518. The van der Waals surface area contributed by atoms with Crippen LogP contribution < -0.4 is 10.0 Å². The zero-order valence-corrected chi connectivity index (χ0v) is 16.1. The van der Waals surface area contributed by atoms with Gasteiger partial charge in [-0.3, -0.25) is 9.59 Å². The van der Waals surface area contributed by atoms with E-state index in [-0.39, 0.29) is 22.8 Å². The molecule has 1 aliphatic rings. The number of carbonyl (C=O) groups excluding carboxylic acids is 1. The second-order valence-electron chi connectivity index (χ2n) is 7.74. The molecule has 2 rings (SSSR count). The number of hydrogen-bond acceptors (Lipinski definition) is 4. The second kappa shape index (κ2) is 7.75. The van der Waals surface area contributed by atoms with Gasteiger partial charge >= 0.3 is 5.97 Å². The number of carbonyl (C=O) groups is 2. The number of carboxylic acids is 1. The van der Waals surface area contributed by atoms with Gasteiger partial charge < -0.3 is 10.4 Å². The molecule has 1 aromatic carbocycles. The Hall–Kier alpha value is -1.93. The molecule has 8 heteroatoms. The molecule has 26 heavy (non-hydrogen) atoms. The number of sulfonamides is 1. The SMILES string of the molecule is CC(C)(C)NS(=O)(=O)c1ccc(C(=O)NC2CCC(C(=O)O)CC2)cc1. The lowest BCUT2D eigenvalue weighted by Crippen LogP contribution is -2.40. The zero-order chi connectivity index (χ0) is 19.5. The molecule has 0 atom stereocenters. The van der Waals surface area contributed by atoms with E-state index in [0.29, 0.717) is 31.2 Å². The Balaban J connectivity index is 1.98. The van der Waals surface area contributed by atoms with Gasteiger partial charge in [-0.1, -0.05) is 0 Å². The molecule has 0 heterocycles. The normalized spacial score (nSPS) is 21.2. The summed E-state index contributed by atoms with van der Waals surface area (Å²) in [5.41, 5.74) is -0.219. The van der Waals surface area contributed by atoms with Crippen molar-refractivity contribution >= 4 is 21.9 Å². The number of amides is 1. The lowest BCUT2D eigenvalue weighted by atomic mass is 9.86. The summed E-state index contributed by atoms with van der Waals surface area (Å²) >= 11 is 0. The summed E-state index contributed by atoms with van der Waals surface area (Å²) < 4.78 is 27.1. The molecule has 0 bridgehead atoms. The van der Waals surface area contributed by atoms with Crippen LogP contribution in [0.15, 0.2) is 29.2 Å². The Kier molecular flexibility index (Phi) is 6.08. The molecule has 0 radical (unpaired) electrons. The second-order valence-corrected chi connectivity index (χ2v) is 9.42. The summed E-state index contributed by atoms with van der Waals surface area (Å²) in [6, 6.07) is 5.73. The van der Waals surface area contributed by atoms with E-state index in [2.05, 4.69) is 10.0 Å². The fraction of sp³-hybridized carbons (Fsp3) is 0.556. The monoisotopic (exact) mass is 382 g/mol. The van der Waals surface area contributed by atoms with Crippen LogP contribution in [0.3, 0.4) is 0 Å². The van der Waals surface area contributed by atoms with Crippen LogP contribution in [0.5, 0.6) is 0 Å². The smallest absolute Gasteiger partial charge is 0.306 e. The van der Waals surface area contributed by atoms with Crippen LogP contribution >= 0.6 is 0 Å². The highest BCUT2D eigenvalue weighted by molar-refractivity contribution is 7.89. The molecule has 3 N–H and O–H groups in total. The molecule has 1 aromatic rings. The van der Waals surface area contributed by atoms with Gasteiger partial charge in [0.1, 0.15) is 0 Å². The standard InChI is InChI=1S/C18H26N2O5S/c1-18(2,3)20-26(24,25)15-10-6-12(7-11-15)16(21)19-14-8-4-13(5-9-14)17(22)23/h6-7,10-11,13-14,20H,4-5,8-9H2,1-3H3,(H,19,21)(H,22,23). The van der Waals surface area contributed by atoms with Crippen molar-refractivity contribution in [1.29, 1.82) is 0 Å². The van der Waals surface area contributed by atoms with E-state index in [1.807, 2.05) is 0 Å². The van der Waals surface area contributed by atoms with Crippen molar-refractivity contribution in [3.63, 3.8) is 0 Å². The lowest BCUT2D eigenvalue weighted by Gasteiger charge is -2.26. The van der Waals surface area contributed by atoms with Crippen LogP contribution in [0, 0.1) is 5.92 Å².